The summed E-state index contributed by atoms with van der Waals surface area (Å²) in [5.74, 6) is 2.54. The fraction of sp³-hybridized carbons (Fsp3) is 0.229. The Morgan fingerprint density at radius 1 is 0.955 bits per heavy atom. The molecule has 4 aromatic carbocycles. The van der Waals surface area contributed by atoms with Gasteiger partial charge < -0.3 is 14.2 Å². The van der Waals surface area contributed by atoms with E-state index in [0.717, 1.165) is 28.0 Å². The zero-order chi connectivity index (χ0) is 31.4. The molecule has 1 aromatic heterocycles. The van der Waals surface area contributed by atoms with E-state index in [4.69, 9.17) is 24.3 Å². The van der Waals surface area contributed by atoms with Gasteiger partial charge in [0.2, 0.25) is 0 Å². The minimum absolute atomic E-state index is 0.198. The van der Waals surface area contributed by atoms with Gasteiger partial charge in [0, 0.05) is 15.6 Å². The quantitative estimate of drug-likeness (QED) is 0.135. The highest BCUT2D eigenvalue weighted by Gasteiger charge is 2.20. The molecule has 5 rings (SSSR count). The molecule has 0 saturated carbocycles. The first-order valence-electron chi connectivity index (χ1n) is 14.3. The summed E-state index contributed by atoms with van der Waals surface area (Å²) in [4.78, 5) is 18.9. The molecule has 0 aliphatic rings. The molecule has 1 heterocycles. The van der Waals surface area contributed by atoms with Gasteiger partial charge in [-0.05, 0) is 98.6 Å². The fourth-order valence-corrected chi connectivity index (χ4v) is 5.85. The van der Waals surface area contributed by atoms with Crippen LogP contribution in [0.5, 0.6) is 17.2 Å². The Morgan fingerprint density at radius 3 is 2.39 bits per heavy atom. The molecule has 0 aliphatic carbocycles. The Hall–Kier alpha value is -3.95. The monoisotopic (exact) mass is 717 g/mol. The van der Waals surface area contributed by atoms with E-state index in [0.29, 0.717) is 55.9 Å². The zero-order valence-corrected chi connectivity index (χ0v) is 28.4. The Morgan fingerprint density at radius 2 is 1.68 bits per heavy atom. The average Bonchev–Trinajstić information content (AvgIpc) is 3.02. The van der Waals surface area contributed by atoms with Crippen molar-refractivity contribution in [3.05, 3.63) is 114 Å². The van der Waals surface area contributed by atoms with Crippen LogP contribution in [0.1, 0.15) is 48.9 Å². The van der Waals surface area contributed by atoms with Gasteiger partial charge in [-0.2, -0.15) is 9.78 Å². The second kappa shape index (κ2) is 13.8. The van der Waals surface area contributed by atoms with Crippen LogP contribution in [0.15, 0.2) is 91.6 Å². The van der Waals surface area contributed by atoms with Crippen LogP contribution in [0.4, 0.5) is 0 Å². The van der Waals surface area contributed by atoms with E-state index < -0.39 is 0 Å². The number of ether oxygens (including phenoxy) is 3. The summed E-state index contributed by atoms with van der Waals surface area (Å²) in [7, 11) is 1.59. The third-order valence-corrected chi connectivity index (χ3v) is 9.33. The lowest BCUT2D eigenvalue weighted by atomic mass is 9.96. The molecule has 0 spiro atoms. The van der Waals surface area contributed by atoms with E-state index in [1.807, 2.05) is 74.5 Å². The van der Waals surface area contributed by atoms with Crippen molar-refractivity contribution in [1.29, 1.82) is 0 Å². The van der Waals surface area contributed by atoms with Gasteiger partial charge in [0.1, 0.15) is 12.4 Å². The summed E-state index contributed by atoms with van der Waals surface area (Å²) in [6, 6.07) is 23.1. The highest BCUT2D eigenvalue weighted by Crippen LogP contribution is 2.43. The van der Waals surface area contributed by atoms with Crippen molar-refractivity contribution in [2.75, 3.05) is 13.7 Å². The number of aryl methyl sites for hydroxylation is 1. The molecule has 9 heteroatoms. The first kappa shape index (κ1) is 31.5. The first-order valence-corrected chi connectivity index (χ1v) is 15.9. The number of hydrogen-bond acceptors (Lipinski definition) is 6. The van der Waals surface area contributed by atoms with E-state index in [-0.39, 0.29) is 11.5 Å². The molecule has 0 saturated heterocycles. The van der Waals surface area contributed by atoms with Gasteiger partial charge >= 0.3 is 0 Å². The highest BCUT2D eigenvalue weighted by atomic mass is 79.9. The Bertz CT molecular complexity index is 1900. The number of hydrogen-bond donors (Lipinski definition) is 0. The van der Waals surface area contributed by atoms with Crippen molar-refractivity contribution >= 4 is 49.0 Å². The summed E-state index contributed by atoms with van der Waals surface area (Å²) in [5, 5.41) is 5.19. The third-order valence-electron chi connectivity index (χ3n) is 7.19. The minimum Gasteiger partial charge on any atom is -0.494 e. The SMILES string of the molecule is CCOc1cc(C)c(-c2nc3ccccc3c(=O)n2N=Cc2cc(OC)c(OCc3ccccc3)c(Br)c2Br)cc1C(C)C. The molecule has 0 aliphatic heterocycles. The van der Waals surface area contributed by atoms with E-state index in [2.05, 4.69) is 51.8 Å². The minimum atomic E-state index is -0.272. The Balaban J connectivity index is 1.63. The molecule has 0 amide bonds. The van der Waals surface area contributed by atoms with Crippen molar-refractivity contribution < 1.29 is 14.2 Å². The van der Waals surface area contributed by atoms with Gasteiger partial charge in [-0.25, -0.2) is 4.98 Å². The Kier molecular flexibility index (Phi) is 9.86. The van der Waals surface area contributed by atoms with Crippen LogP contribution in [0, 0.1) is 6.92 Å². The van der Waals surface area contributed by atoms with E-state index in [9.17, 15) is 4.79 Å². The van der Waals surface area contributed by atoms with Crippen LogP contribution in [-0.2, 0) is 6.61 Å². The number of rotatable bonds is 10. The fourth-order valence-electron chi connectivity index (χ4n) is 4.91. The van der Waals surface area contributed by atoms with Gasteiger partial charge in [0.05, 0.1) is 35.3 Å². The van der Waals surface area contributed by atoms with E-state index in [1.54, 1.807) is 19.4 Å². The maximum absolute atomic E-state index is 13.9. The highest BCUT2D eigenvalue weighted by molar-refractivity contribution is 9.13. The van der Waals surface area contributed by atoms with Gasteiger partial charge in [-0.1, -0.05) is 56.3 Å². The third kappa shape index (κ3) is 6.44. The lowest BCUT2D eigenvalue weighted by Gasteiger charge is -2.18. The summed E-state index contributed by atoms with van der Waals surface area (Å²) in [5.41, 5.74) is 4.80. The summed E-state index contributed by atoms with van der Waals surface area (Å²) in [6.07, 6.45) is 1.62. The normalized spacial score (nSPS) is 11.5. The molecule has 0 bridgehead atoms. The number of benzene rings is 4. The smallest absolute Gasteiger partial charge is 0.282 e. The van der Waals surface area contributed by atoms with Gasteiger partial charge in [0.15, 0.2) is 17.3 Å². The number of halogens is 2. The second-order valence-electron chi connectivity index (χ2n) is 10.5. The van der Waals surface area contributed by atoms with Crippen LogP contribution in [0.3, 0.4) is 0 Å². The van der Waals surface area contributed by atoms with Crippen LogP contribution >= 0.6 is 31.9 Å². The summed E-state index contributed by atoms with van der Waals surface area (Å²) in [6.45, 7) is 9.13. The molecule has 5 aromatic rings. The second-order valence-corrected chi connectivity index (χ2v) is 12.1. The lowest BCUT2D eigenvalue weighted by Crippen LogP contribution is -2.21. The van der Waals surface area contributed by atoms with Crippen LogP contribution in [0.25, 0.3) is 22.3 Å². The number of nitrogens with zero attached hydrogens (tertiary/aromatic N) is 3. The van der Waals surface area contributed by atoms with E-state index >= 15 is 0 Å². The molecule has 0 fully saturated rings. The predicted molar refractivity (Wildman–Crippen MR) is 184 cm³/mol. The molecule has 0 N–H and O–H groups in total. The van der Waals surface area contributed by atoms with Crippen LogP contribution in [-0.4, -0.2) is 29.6 Å². The van der Waals surface area contributed by atoms with E-state index in [1.165, 1.54) is 4.68 Å². The molecule has 44 heavy (non-hydrogen) atoms. The summed E-state index contributed by atoms with van der Waals surface area (Å²) < 4.78 is 20.5. The Labute approximate surface area is 273 Å². The van der Waals surface area contributed by atoms with Crippen molar-refractivity contribution in [3.63, 3.8) is 0 Å². The maximum atomic E-state index is 13.9. The topological polar surface area (TPSA) is 74.9 Å². The van der Waals surface area contributed by atoms with Gasteiger partial charge in [-0.3, -0.25) is 4.79 Å². The van der Waals surface area contributed by atoms with Crippen LogP contribution in [0.2, 0.25) is 0 Å². The first-order chi connectivity index (χ1) is 21.2. The number of methoxy groups -OCH3 is 1. The molecule has 0 radical (unpaired) electrons. The molecule has 0 atom stereocenters. The number of aromatic nitrogens is 2. The molecule has 226 valence electrons. The number of fused-ring (bicyclic) bond motifs is 1. The average molecular weight is 719 g/mol. The standard InChI is InChI=1S/C35H33Br2N3O4/c1-6-43-29-16-22(4)27(18-26(29)21(2)3)34-39-28-15-11-10-14-25(28)35(41)40(34)38-19-24-17-30(42-5)33(32(37)31(24)36)44-20-23-12-8-7-9-13-23/h7-19,21H,6,20H2,1-5H3. The largest absolute Gasteiger partial charge is 0.494 e. The van der Waals surface area contributed by atoms with Crippen molar-refractivity contribution in [1.82, 2.24) is 9.66 Å². The molecular formula is C35H33Br2N3O4. The number of para-hydroxylation sites is 1. The van der Waals surface area contributed by atoms with Crippen LogP contribution < -0.4 is 19.8 Å². The predicted octanol–water partition coefficient (Wildman–Crippen LogP) is 8.89. The van der Waals surface area contributed by atoms with Crippen molar-refractivity contribution in [2.24, 2.45) is 5.10 Å². The molecule has 7 nitrogen and oxygen atoms in total. The van der Waals surface area contributed by atoms with Crippen molar-refractivity contribution in [2.45, 2.75) is 40.2 Å². The molecular weight excluding hydrogens is 686 g/mol. The molecule has 0 unspecified atom stereocenters. The summed E-state index contributed by atoms with van der Waals surface area (Å²) >= 11 is 7.35. The van der Waals surface area contributed by atoms with Crippen molar-refractivity contribution in [3.8, 4) is 28.6 Å². The maximum Gasteiger partial charge on any atom is 0.282 e. The van der Waals surface area contributed by atoms with Gasteiger partial charge in [0.25, 0.3) is 5.56 Å². The lowest BCUT2D eigenvalue weighted by molar-refractivity contribution is 0.282. The van der Waals surface area contributed by atoms with Gasteiger partial charge in [-0.15, -0.1) is 0 Å². The zero-order valence-electron chi connectivity index (χ0n) is 25.2.